The third-order valence-electron chi connectivity index (χ3n) is 2.46. The zero-order chi connectivity index (χ0) is 13.0. The first kappa shape index (κ1) is 12.2. The minimum atomic E-state index is -0.424. The van der Waals surface area contributed by atoms with E-state index in [0.29, 0.717) is 23.7 Å². The van der Waals surface area contributed by atoms with Crippen molar-refractivity contribution in [3.05, 3.63) is 36.2 Å². The predicted molar refractivity (Wildman–Crippen MR) is 66.5 cm³/mol. The maximum Gasteiger partial charge on any atom is 0.341 e. The molecule has 0 atom stereocenters. The van der Waals surface area contributed by atoms with E-state index in [2.05, 4.69) is 9.97 Å². The van der Waals surface area contributed by atoms with Crippen molar-refractivity contribution in [2.45, 2.75) is 6.92 Å². The summed E-state index contributed by atoms with van der Waals surface area (Å²) in [7, 11) is 1.34. The normalized spacial score (nSPS) is 10.1. The first-order chi connectivity index (χ1) is 8.76. The van der Waals surface area contributed by atoms with Crippen LogP contribution in [0.2, 0.25) is 0 Å². The van der Waals surface area contributed by atoms with Gasteiger partial charge in [-0.3, -0.25) is 0 Å². The molecule has 1 aromatic heterocycles. The Morgan fingerprint density at radius 2 is 2.28 bits per heavy atom. The average molecular weight is 246 g/mol. The highest BCUT2D eigenvalue weighted by Gasteiger charge is 2.15. The number of methoxy groups -OCH3 is 1. The van der Waals surface area contributed by atoms with E-state index in [1.54, 1.807) is 24.5 Å². The summed E-state index contributed by atoms with van der Waals surface area (Å²) in [4.78, 5) is 18.8. The Bertz CT molecular complexity index is 535. The van der Waals surface area contributed by atoms with Gasteiger partial charge in [0.1, 0.15) is 17.1 Å². The molecule has 2 aromatic rings. The molecular weight excluding hydrogens is 232 g/mol. The van der Waals surface area contributed by atoms with Crippen molar-refractivity contribution in [1.29, 1.82) is 0 Å². The topological polar surface area (TPSA) is 64.2 Å². The third-order valence-corrected chi connectivity index (χ3v) is 2.46. The van der Waals surface area contributed by atoms with Gasteiger partial charge in [-0.2, -0.15) is 0 Å². The summed E-state index contributed by atoms with van der Waals surface area (Å²) in [5.74, 6) is 0.787. The maximum absolute atomic E-state index is 11.7. The van der Waals surface area contributed by atoms with Gasteiger partial charge in [0, 0.05) is 18.0 Å². The molecule has 5 heteroatoms. The average Bonchev–Trinajstić information content (AvgIpc) is 2.92. The number of aromatic amines is 1. The number of benzene rings is 1. The number of ether oxygens (including phenoxy) is 2. The van der Waals surface area contributed by atoms with Crippen LogP contribution in [-0.4, -0.2) is 29.7 Å². The quantitative estimate of drug-likeness (QED) is 0.840. The minimum absolute atomic E-state index is 0.397. The third kappa shape index (κ3) is 2.34. The number of H-pyrrole nitrogens is 1. The summed E-state index contributed by atoms with van der Waals surface area (Å²) >= 11 is 0. The van der Waals surface area contributed by atoms with Crippen LogP contribution in [0.25, 0.3) is 11.4 Å². The standard InChI is InChI=1S/C13H14N2O3/c1-3-18-11-5-4-9(12-14-6-7-15-12)8-10(11)13(16)17-2/h4-8H,3H2,1-2H3,(H,14,15). The Hall–Kier alpha value is -2.30. The van der Waals surface area contributed by atoms with Gasteiger partial charge in [-0.1, -0.05) is 0 Å². The molecule has 0 spiro atoms. The van der Waals surface area contributed by atoms with Gasteiger partial charge >= 0.3 is 5.97 Å². The van der Waals surface area contributed by atoms with E-state index < -0.39 is 5.97 Å². The molecule has 94 valence electrons. The molecule has 2 rings (SSSR count). The number of imidazole rings is 1. The second-order valence-electron chi connectivity index (χ2n) is 3.57. The summed E-state index contributed by atoms with van der Waals surface area (Å²) in [5, 5.41) is 0. The minimum Gasteiger partial charge on any atom is -0.493 e. The van der Waals surface area contributed by atoms with Crippen LogP contribution >= 0.6 is 0 Å². The lowest BCUT2D eigenvalue weighted by atomic mass is 10.1. The van der Waals surface area contributed by atoms with Gasteiger partial charge in [0.2, 0.25) is 0 Å². The van der Waals surface area contributed by atoms with Crippen molar-refractivity contribution in [3.63, 3.8) is 0 Å². The van der Waals surface area contributed by atoms with Gasteiger partial charge < -0.3 is 14.5 Å². The fourth-order valence-corrected chi connectivity index (χ4v) is 1.65. The highest BCUT2D eigenvalue weighted by molar-refractivity contribution is 5.93. The Morgan fingerprint density at radius 1 is 1.44 bits per heavy atom. The van der Waals surface area contributed by atoms with Crippen LogP contribution in [0.15, 0.2) is 30.6 Å². The number of aromatic nitrogens is 2. The van der Waals surface area contributed by atoms with E-state index in [1.165, 1.54) is 7.11 Å². The van der Waals surface area contributed by atoms with Crippen LogP contribution in [0, 0.1) is 0 Å². The van der Waals surface area contributed by atoms with Crippen LogP contribution in [0.5, 0.6) is 5.75 Å². The van der Waals surface area contributed by atoms with Crippen LogP contribution in [0.4, 0.5) is 0 Å². The molecule has 1 heterocycles. The smallest absolute Gasteiger partial charge is 0.341 e. The molecule has 5 nitrogen and oxygen atoms in total. The number of hydrogen-bond donors (Lipinski definition) is 1. The lowest BCUT2D eigenvalue weighted by Crippen LogP contribution is -2.06. The molecule has 0 aliphatic heterocycles. The Balaban J connectivity index is 2.45. The summed E-state index contributed by atoms with van der Waals surface area (Å²) in [6, 6.07) is 5.29. The van der Waals surface area contributed by atoms with Gasteiger partial charge in [0.25, 0.3) is 0 Å². The molecule has 0 unspecified atom stereocenters. The van der Waals surface area contributed by atoms with E-state index in [9.17, 15) is 4.79 Å². The van der Waals surface area contributed by atoms with Gasteiger partial charge in [-0.25, -0.2) is 9.78 Å². The van der Waals surface area contributed by atoms with Crippen molar-refractivity contribution in [2.75, 3.05) is 13.7 Å². The molecule has 0 amide bonds. The number of carbonyl (C=O) groups excluding carboxylic acids is 1. The zero-order valence-corrected chi connectivity index (χ0v) is 10.3. The molecule has 0 radical (unpaired) electrons. The van der Waals surface area contributed by atoms with Gasteiger partial charge in [-0.05, 0) is 25.1 Å². The van der Waals surface area contributed by atoms with Crippen LogP contribution < -0.4 is 4.74 Å². The number of nitrogens with zero attached hydrogens (tertiary/aromatic N) is 1. The monoisotopic (exact) mass is 246 g/mol. The number of esters is 1. The summed E-state index contributed by atoms with van der Waals surface area (Å²) in [6.45, 7) is 2.35. The summed E-state index contributed by atoms with van der Waals surface area (Å²) < 4.78 is 10.1. The van der Waals surface area contributed by atoms with E-state index in [0.717, 1.165) is 5.56 Å². The molecule has 1 N–H and O–H groups in total. The molecule has 18 heavy (non-hydrogen) atoms. The number of rotatable bonds is 4. The fraction of sp³-hybridized carbons (Fsp3) is 0.231. The highest BCUT2D eigenvalue weighted by atomic mass is 16.5. The van der Waals surface area contributed by atoms with Gasteiger partial charge in [-0.15, -0.1) is 0 Å². The molecule has 0 aliphatic rings. The lowest BCUT2D eigenvalue weighted by Gasteiger charge is -2.09. The Labute approximate surface area is 105 Å². The fourth-order valence-electron chi connectivity index (χ4n) is 1.65. The SMILES string of the molecule is CCOc1ccc(-c2ncc[nH]2)cc1C(=O)OC. The second kappa shape index (κ2) is 5.35. The van der Waals surface area contributed by atoms with Crippen LogP contribution in [0.3, 0.4) is 0 Å². The first-order valence-corrected chi connectivity index (χ1v) is 5.61. The molecule has 0 aliphatic carbocycles. The largest absolute Gasteiger partial charge is 0.493 e. The summed E-state index contributed by atoms with van der Waals surface area (Å²) in [6.07, 6.45) is 3.38. The molecule has 0 saturated carbocycles. The van der Waals surface area contributed by atoms with Gasteiger partial charge in [0.15, 0.2) is 0 Å². The first-order valence-electron chi connectivity index (χ1n) is 5.61. The van der Waals surface area contributed by atoms with E-state index in [4.69, 9.17) is 9.47 Å². The second-order valence-corrected chi connectivity index (χ2v) is 3.57. The number of hydrogen-bond acceptors (Lipinski definition) is 4. The molecule has 0 bridgehead atoms. The van der Waals surface area contributed by atoms with Crippen molar-refractivity contribution < 1.29 is 14.3 Å². The maximum atomic E-state index is 11.7. The summed E-state index contributed by atoms with van der Waals surface area (Å²) in [5.41, 5.74) is 1.21. The molecule has 0 saturated heterocycles. The Kier molecular flexibility index (Phi) is 3.62. The van der Waals surface area contributed by atoms with E-state index >= 15 is 0 Å². The molecule has 0 fully saturated rings. The number of carbonyl (C=O) groups is 1. The van der Waals surface area contributed by atoms with E-state index in [-0.39, 0.29) is 0 Å². The van der Waals surface area contributed by atoms with Crippen LogP contribution in [-0.2, 0) is 4.74 Å². The van der Waals surface area contributed by atoms with Crippen molar-refractivity contribution in [3.8, 4) is 17.1 Å². The Morgan fingerprint density at radius 3 is 2.89 bits per heavy atom. The predicted octanol–water partition coefficient (Wildman–Crippen LogP) is 2.26. The lowest BCUT2D eigenvalue weighted by molar-refractivity contribution is 0.0596. The van der Waals surface area contributed by atoms with Crippen LogP contribution in [0.1, 0.15) is 17.3 Å². The zero-order valence-electron chi connectivity index (χ0n) is 10.3. The van der Waals surface area contributed by atoms with E-state index in [1.807, 2.05) is 13.0 Å². The van der Waals surface area contributed by atoms with Gasteiger partial charge in [0.05, 0.1) is 13.7 Å². The van der Waals surface area contributed by atoms with Crippen molar-refractivity contribution in [1.82, 2.24) is 9.97 Å². The molecule has 1 aromatic carbocycles. The number of nitrogens with one attached hydrogen (secondary N) is 1. The van der Waals surface area contributed by atoms with Crippen molar-refractivity contribution >= 4 is 5.97 Å². The van der Waals surface area contributed by atoms with Crippen molar-refractivity contribution in [2.24, 2.45) is 0 Å². The molecular formula is C13H14N2O3. The highest BCUT2D eigenvalue weighted by Crippen LogP contribution is 2.25.